The van der Waals surface area contributed by atoms with Crippen molar-refractivity contribution in [3.05, 3.63) is 53.4 Å². The van der Waals surface area contributed by atoms with E-state index < -0.39 is 0 Å². The SMILES string of the molecule is CC1(C)[C@H](Cc2cc(CCO)on2)C[C@@H]1NC(=O)NCc1ccccc1. The van der Waals surface area contributed by atoms with Gasteiger partial charge in [0, 0.05) is 25.1 Å². The minimum absolute atomic E-state index is 0.000177. The molecule has 6 nitrogen and oxygen atoms in total. The van der Waals surface area contributed by atoms with Gasteiger partial charge < -0.3 is 20.3 Å². The van der Waals surface area contributed by atoms with E-state index in [4.69, 9.17) is 9.63 Å². The van der Waals surface area contributed by atoms with Crippen molar-refractivity contribution in [3.63, 3.8) is 0 Å². The number of benzene rings is 1. The molecule has 2 atom stereocenters. The van der Waals surface area contributed by atoms with Crippen LogP contribution >= 0.6 is 0 Å². The molecule has 1 saturated carbocycles. The van der Waals surface area contributed by atoms with Crippen molar-refractivity contribution >= 4 is 6.03 Å². The monoisotopic (exact) mass is 357 g/mol. The highest BCUT2D eigenvalue weighted by Gasteiger charge is 2.48. The predicted molar refractivity (Wildman–Crippen MR) is 98.5 cm³/mol. The zero-order valence-electron chi connectivity index (χ0n) is 15.4. The molecular weight excluding hydrogens is 330 g/mol. The summed E-state index contributed by atoms with van der Waals surface area (Å²) in [5, 5.41) is 19.0. The molecule has 3 rings (SSSR count). The summed E-state index contributed by atoms with van der Waals surface area (Å²) in [5.41, 5.74) is 2.00. The van der Waals surface area contributed by atoms with Crippen LogP contribution in [0.25, 0.3) is 0 Å². The van der Waals surface area contributed by atoms with Crippen molar-refractivity contribution in [2.24, 2.45) is 11.3 Å². The molecular formula is C20H27N3O3. The minimum atomic E-state index is -0.128. The third-order valence-corrected chi connectivity index (χ3v) is 5.49. The quantitative estimate of drug-likeness (QED) is 0.711. The Bertz CT molecular complexity index is 727. The molecule has 0 saturated heterocycles. The summed E-state index contributed by atoms with van der Waals surface area (Å²) in [4.78, 5) is 12.2. The minimum Gasteiger partial charge on any atom is -0.396 e. The summed E-state index contributed by atoms with van der Waals surface area (Å²) >= 11 is 0. The third kappa shape index (κ3) is 4.25. The standard InChI is InChI=1S/C20H27N3O3/c1-20(2)15(10-16-12-17(8-9-24)26-23-16)11-18(20)22-19(25)21-13-14-6-4-3-5-7-14/h3-7,12,15,18,24H,8-11,13H2,1-2H3,(H2,21,22,25)/t15-,18+/m1/s1. The van der Waals surface area contributed by atoms with Gasteiger partial charge >= 0.3 is 6.03 Å². The van der Waals surface area contributed by atoms with Gasteiger partial charge in [0.15, 0.2) is 0 Å². The number of rotatable bonds is 7. The second kappa shape index (κ2) is 7.91. The Morgan fingerprint density at radius 1 is 1.35 bits per heavy atom. The molecule has 3 N–H and O–H groups in total. The highest BCUT2D eigenvalue weighted by atomic mass is 16.5. The smallest absolute Gasteiger partial charge is 0.315 e. The lowest BCUT2D eigenvalue weighted by Gasteiger charge is -2.52. The molecule has 2 amide bonds. The van der Waals surface area contributed by atoms with Gasteiger partial charge in [-0.3, -0.25) is 0 Å². The second-order valence-electron chi connectivity index (χ2n) is 7.58. The molecule has 140 valence electrons. The maximum Gasteiger partial charge on any atom is 0.315 e. The Morgan fingerprint density at radius 3 is 2.81 bits per heavy atom. The van der Waals surface area contributed by atoms with E-state index in [2.05, 4.69) is 29.6 Å². The van der Waals surface area contributed by atoms with Crippen LogP contribution in [0, 0.1) is 11.3 Å². The number of carbonyl (C=O) groups is 1. The summed E-state index contributed by atoms with van der Waals surface area (Å²) in [6, 6.07) is 11.8. The predicted octanol–water partition coefficient (Wildman–Crippen LogP) is 2.67. The number of hydrogen-bond donors (Lipinski definition) is 3. The fraction of sp³-hybridized carbons (Fsp3) is 0.500. The largest absolute Gasteiger partial charge is 0.396 e. The van der Waals surface area contributed by atoms with Crippen LogP contribution in [0.2, 0.25) is 0 Å². The van der Waals surface area contributed by atoms with Crippen LogP contribution in [-0.4, -0.2) is 28.9 Å². The number of nitrogens with zero attached hydrogens (tertiary/aromatic N) is 1. The Labute approximate surface area is 154 Å². The molecule has 0 bridgehead atoms. The van der Waals surface area contributed by atoms with Crippen LogP contribution in [0.4, 0.5) is 4.79 Å². The van der Waals surface area contributed by atoms with Crippen molar-refractivity contribution in [1.29, 1.82) is 0 Å². The Morgan fingerprint density at radius 2 is 2.12 bits per heavy atom. The van der Waals surface area contributed by atoms with Crippen LogP contribution in [0.1, 0.15) is 37.3 Å². The van der Waals surface area contributed by atoms with Crippen LogP contribution in [0.15, 0.2) is 40.9 Å². The van der Waals surface area contributed by atoms with Gasteiger partial charge in [-0.15, -0.1) is 0 Å². The van der Waals surface area contributed by atoms with E-state index in [0.29, 0.717) is 18.9 Å². The molecule has 0 aliphatic heterocycles. The lowest BCUT2D eigenvalue weighted by molar-refractivity contribution is 0.0200. The maximum atomic E-state index is 12.2. The van der Waals surface area contributed by atoms with Gasteiger partial charge in [0.2, 0.25) is 0 Å². The second-order valence-corrected chi connectivity index (χ2v) is 7.58. The fourth-order valence-corrected chi connectivity index (χ4v) is 3.53. The van der Waals surface area contributed by atoms with Gasteiger partial charge in [0.1, 0.15) is 5.76 Å². The van der Waals surface area contributed by atoms with Gasteiger partial charge in [-0.1, -0.05) is 49.3 Å². The van der Waals surface area contributed by atoms with E-state index in [1.54, 1.807) is 0 Å². The van der Waals surface area contributed by atoms with Gasteiger partial charge in [-0.05, 0) is 29.7 Å². The molecule has 26 heavy (non-hydrogen) atoms. The van der Waals surface area contributed by atoms with E-state index >= 15 is 0 Å². The Hall–Kier alpha value is -2.34. The summed E-state index contributed by atoms with van der Waals surface area (Å²) in [5.74, 6) is 1.16. The number of carbonyl (C=O) groups excluding carboxylic acids is 1. The number of aromatic nitrogens is 1. The molecule has 0 unspecified atom stereocenters. The number of urea groups is 1. The lowest BCUT2D eigenvalue weighted by atomic mass is 9.57. The van der Waals surface area contributed by atoms with Crippen molar-refractivity contribution in [2.75, 3.05) is 6.61 Å². The van der Waals surface area contributed by atoms with Crippen molar-refractivity contribution in [2.45, 2.75) is 45.7 Å². The van der Waals surface area contributed by atoms with Crippen LogP contribution in [0.3, 0.4) is 0 Å². The average molecular weight is 357 g/mol. The van der Waals surface area contributed by atoms with Gasteiger partial charge in [0.25, 0.3) is 0 Å². The molecule has 1 fully saturated rings. The lowest BCUT2D eigenvalue weighted by Crippen LogP contribution is -2.60. The first kappa shape index (κ1) is 18.5. The first-order chi connectivity index (χ1) is 12.5. The van der Waals surface area contributed by atoms with Crippen LogP contribution in [-0.2, 0) is 19.4 Å². The summed E-state index contributed by atoms with van der Waals surface area (Å²) in [7, 11) is 0. The summed E-state index contributed by atoms with van der Waals surface area (Å²) in [6.07, 6.45) is 2.24. The van der Waals surface area contributed by atoms with Gasteiger partial charge in [-0.25, -0.2) is 4.79 Å². The molecule has 1 aliphatic carbocycles. The van der Waals surface area contributed by atoms with E-state index in [0.717, 1.165) is 29.9 Å². The fourth-order valence-electron chi connectivity index (χ4n) is 3.53. The number of amides is 2. The molecule has 6 heteroatoms. The van der Waals surface area contributed by atoms with Gasteiger partial charge in [0.05, 0.1) is 12.3 Å². The van der Waals surface area contributed by atoms with Crippen molar-refractivity contribution in [1.82, 2.24) is 15.8 Å². The van der Waals surface area contributed by atoms with E-state index in [-0.39, 0.29) is 24.1 Å². The van der Waals surface area contributed by atoms with E-state index in [1.165, 1.54) is 0 Å². The summed E-state index contributed by atoms with van der Waals surface area (Å²) < 4.78 is 5.22. The summed E-state index contributed by atoms with van der Waals surface area (Å²) in [6.45, 7) is 4.94. The van der Waals surface area contributed by atoms with Gasteiger partial charge in [-0.2, -0.15) is 0 Å². The highest BCUT2D eigenvalue weighted by Crippen LogP contribution is 2.47. The third-order valence-electron chi connectivity index (χ3n) is 5.49. The average Bonchev–Trinajstić information content (AvgIpc) is 3.07. The molecule has 1 aliphatic rings. The van der Waals surface area contributed by atoms with E-state index in [9.17, 15) is 4.79 Å². The zero-order chi connectivity index (χ0) is 18.6. The van der Waals surface area contributed by atoms with E-state index in [1.807, 2.05) is 36.4 Å². The first-order valence-corrected chi connectivity index (χ1v) is 9.12. The number of aliphatic hydroxyl groups excluding tert-OH is 1. The first-order valence-electron chi connectivity index (χ1n) is 9.12. The number of aliphatic hydroxyl groups is 1. The molecule has 0 radical (unpaired) electrons. The topological polar surface area (TPSA) is 87.4 Å². The number of nitrogens with one attached hydrogen (secondary N) is 2. The van der Waals surface area contributed by atoms with Crippen molar-refractivity contribution < 1.29 is 14.4 Å². The van der Waals surface area contributed by atoms with Crippen LogP contribution < -0.4 is 10.6 Å². The Kier molecular flexibility index (Phi) is 5.61. The van der Waals surface area contributed by atoms with Crippen molar-refractivity contribution in [3.8, 4) is 0 Å². The Balaban J connectivity index is 1.46. The molecule has 1 aromatic heterocycles. The molecule has 1 heterocycles. The highest BCUT2D eigenvalue weighted by molar-refractivity contribution is 5.74. The molecule has 1 aromatic carbocycles. The van der Waals surface area contributed by atoms with Crippen LogP contribution in [0.5, 0.6) is 0 Å². The maximum absolute atomic E-state index is 12.2. The molecule has 2 aromatic rings. The molecule has 0 spiro atoms. The number of hydrogen-bond acceptors (Lipinski definition) is 4. The normalized spacial score (nSPS) is 21.0. The zero-order valence-corrected chi connectivity index (χ0v) is 15.4.